The van der Waals surface area contributed by atoms with E-state index in [1.807, 2.05) is 6.92 Å². The van der Waals surface area contributed by atoms with Crippen molar-refractivity contribution in [1.29, 1.82) is 0 Å². The highest BCUT2D eigenvalue weighted by molar-refractivity contribution is 5.73. The van der Waals surface area contributed by atoms with Crippen LogP contribution in [0, 0.1) is 0 Å². The molecule has 0 aromatic heterocycles. The van der Waals surface area contributed by atoms with E-state index in [1.54, 1.807) is 0 Å². The molecule has 2 atom stereocenters. The number of piperazine rings is 1. The Balaban J connectivity index is 2.33. The Morgan fingerprint density at radius 3 is 2.60 bits per heavy atom. The molecule has 1 heterocycles. The molecule has 4 heteroatoms. The highest BCUT2D eigenvalue weighted by atomic mass is 16.4. The maximum absolute atomic E-state index is 10.4. The van der Waals surface area contributed by atoms with Crippen LogP contribution < -0.4 is 10.6 Å². The fraction of sp³-hybridized carbons (Fsp3) is 0.833. The Kier molecular flexibility index (Phi) is 2.24. The fourth-order valence-electron chi connectivity index (χ4n) is 0.957. The van der Waals surface area contributed by atoms with Gasteiger partial charge in [0.15, 0.2) is 0 Å². The summed E-state index contributed by atoms with van der Waals surface area (Å²) in [5.41, 5.74) is 0. The SMILES string of the molecule is C[C@@H]1CN[C@@H](C(=O)O)CN1. The molecule has 4 nitrogen and oxygen atoms in total. The van der Waals surface area contributed by atoms with E-state index in [0.717, 1.165) is 6.54 Å². The van der Waals surface area contributed by atoms with Crippen molar-refractivity contribution in [3.05, 3.63) is 0 Å². The second kappa shape index (κ2) is 2.98. The molecular formula is C6H12N2O2. The van der Waals surface area contributed by atoms with Crippen LogP contribution in [0.1, 0.15) is 6.92 Å². The maximum Gasteiger partial charge on any atom is 0.322 e. The van der Waals surface area contributed by atoms with Crippen LogP contribution in [-0.2, 0) is 4.79 Å². The first kappa shape index (κ1) is 7.50. The van der Waals surface area contributed by atoms with Crippen molar-refractivity contribution >= 4 is 5.97 Å². The van der Waals surface area contributed by atoms with Crippen LogP contribution in [0.5, 0.6) is 0 Å². The van der Waals surface area contributed by atoms with E-state index < -0.39 is 12.0 Å². The van der Waals surface area contributed by atoms with Gasteiger partial charge >= 0.3 is 5.97 Å². The summed E-state index contributed by atoms with van der Waals surface area (Å²) in [5.74, 6) is -0.778. The molecule has 0 aliphatic carbocycles. The molecule has 3 N–H and O–H groups in total. The molecule has 1 fully saturated rings. The molecule has 1 aliphatic heterocycles. The van der Waals surface area contributed by atoms with Gasteiger partial charge in [-0.05, 0) is 6.92 Å². The van der Waals surface area contributed by atoms with Crippen LogP contribution in [0.4, 0.5) is 0 Å². The van der Waals surface area contributed by atoms with Crippen LogP contribution in [0.15, 0.2) is 0 Å². The summed E-state index contributed by atoms with van der Waals surface area (Å²) in [6.45, 7) is 3.28. The smallest absolute Gasteiger partial charge is 0.322 e. The van der Waals surface area contributed by atoms with Crippen molar-refractivity contribution in [1.82, 2.24) is 10.6 Å². The van der Waals surface area contributed by atoms with Gasteiger partial charge in [-0.2, -0.15) is 0 Å². The molecule has 0 spiro atoms. The van der Waals surface area contributed by atoms with Crippen LogP contribution in [0.3, 0.4) is 0 Å². The molecule has 1 saturated heterocycles. The molecule has 1 aliphatic rings. The number of nitrogens with one attached hydrogen (secondary N) is 2. The number of carboxylic acid groups (broad SMARTS) is 1. The van der Waals surface area contributed by atoms with Gasteiger partial charge in [-0.15, -0.1) is 0 Å². The Morgan fingerprint density at radius 2 is 2.20 bits per heavy atom. The van der Waals surface area contributed by atoms with E-state index in [9.17, 15) is 4.79 Å². The Hall–Kier alpha value is -0.610. The van der Waals surface area contributed by atoms with Gasteiger partial charge in [0, 0.05) is 19.1 Å². The lowest BCUT2D eigenvalue weighted by atomic mass is 10.2. The van der Waals surface area contributed by atoms with E-state index in [0.29, 0.717) is 12.6 Å². The number of carbonyl (C=O) groups is 1. The van der Waals surface area contributed by atoms with Crippen molar-refractivity contribution in [3.8, 4) is 0 Å². The molecule has 0 amide bonds. The monoisotopic (exact) mass is 144 g/mol. The molecule has 0 aromatic carbocycles. The van der Waals surface area contributed by atoms with E-state index in [-0.39, 0.29) is 0 Å². The van der Waals surface area contributed by atoms with E-state index in [4.69, 9.17) is 5.11 Å². The number of hydrogen-bond acceptors (Lipinski definition) is 3. The zero-order valence-corrected chi connectivity index (χ0v) is 5.92. The molecular weight excluding hydrogens is 132 g/mol. The molecule has 10 heavy (non-hydrogen) atoms. The predicted octanol–water partition coefficient (Wildman–Crippen LogP) is -0.979. The second-order valence-corrected chi connectivity index (χ2v) is 2.61. The third-order valence-electron chi connectivity index (χ3n) is 1.64. The number of carboxylic acids is 1. The zero-order chi connectivity index (χ0) is 7.56. The third kappa shape index (κ3) is 1.68. The van der Waals surface area contributed by atoms with Crippen LogP contribution in [0.2, 0.25) is 0 Å². The Morgan fingerprint density at radius 1 is 1.50 bits per heavy atom. The summed E-state index contributed by atoms with van der Waals surface area (Å²) in [7, 11) is 0. The van der Waals surface area contributed by atoms with Crippen molar-refractivity contribution in [2.75, 3.05) is 13.1 Å². The quantitative estimate of drug-likeness (QED) is 0.442. The normalized spacial score (nSPS) is 33.7. The first-order valence-corrected chi connectivity index (χ1v) is 3.39. The third-order valence-corrected chi connectivity index (χ3v) is 1.64. The van der Waals surface area contributed by atoms with Crippen LogP contribution in [0.25, 0.3) is 0 Å². The summed E-state index contributed by atoms with van der Waals surface area (Å²) in [4.78, 5) is 10.4. The van der Waals surface area contributed by atoms with Gasteiger partial charge < -0.3 is 15.7 Å². The summed E-state index contributed by atoms with van der Waals surface area (Å²) in [5, 5.41) is 14.5. The van der Waals surface area contributed by atoms with Gasteiger partial charge in [0.1, 0.15) is 6.04 Å². The Bertz CT molecular complexity index is 130. The highest BCUT2D eigenvalue weighted by Gasteiger charge is 2.21. The van der Waals surface area contributed by atoms with E-state index in [2.05, 4.69) is 10.6 Å². The van der Waals surface area contributed by atoms with Crippen molar-refractivity contribution in [2.45, 2.75) is 19.0 Å². The molecule has 0 unspecified atom stereocenters. The standard InChI is InChI=1S/C6H12N2O2/c1-4-2-8-5(3-7-4)6(9)10/h4-5,7-8H,2-3H2,1H3,(H,9,10)/t4-,5-/m1/s1. The van der Waals surface area contributed by atoms with Crippen molar-refractivity contribution in [3.63, 3.8) is 0 Å². The fourth-order valence-corrected chi connectivity index (χ4v) is 0.957. The highest BCUT2D eigenvalue weighted by Crippen LogP contribution is 1.91. The Labute approximate surface area is 59.6 Å². The van der Waals surface area contributed by atoms with Crippen LogP contribution in [-0.4, -0.2) is 36.2 Å². The first-order chi connectivity index (χ1) is 4.70. The molecule has 58 valence electrons. The molecule has 0 bridgehead atoms. The van der Waals surface area contributed by atoms with Crippen molar-refractivity contribution < 1.29 is 9.90 Å². The van der Waals surface area contributed by atoms with E-state index in [1.165, 1.54) is 0 Å². The lowest BCUT2D eigenvalue weighted by Gasteiger charge is -2.25. The molecule has 0 radical (unpaired) electrons. The van der Waals surface area contributed by atoms with Gasteiger partial charge in [0.2, 0.25) is 0 Å². The number of rotatable bonds is 1. The average Bonchev–Trinajstić information content (AvgIpc) is 1.88. The lowest BCUT2D eigenvalue weighted by molar-refractivity contribution is -0.139. The summed E-state index contributed by atoms with van der Waals surface area (Å²) in [6.07, 6.45) is 0. The first-order valence-electron chi connectivity index (χ1n) is 3.39. The number of aliphatic carboxylic acids is 1. The maximum atomic E-state index is 10.4. The minimum atomic E-state index is -0.778. The summed E-state index contributed by atoms with van der Waals surface area (Å²) >= 11 is 0. The topological polar surface area (TPSA) is 61.4 Å². The molecule has 0 aromatic rings. The predicted molar refractivity (Wildman–Crippen MR) is 36.9 cm³/mol. The van der Waals surface area contributed by atoms with Gasteiger partial charge in [-0.3, -0.25) is 4.79 Å². The van der Waals surface area contributed by atoms with Crippen LogP contribution >= 0.6 is 0 Å². The average molecular weight is 144 g/mol. The molecule has 0 saturated carbocycles. The van der Waals surface area contributed by atoms with Gasteiger partial charge in [0.05, 0.1) is 0 Å². The lowest BCUT2D eigenvalue weighted by Crippen LogP contribution is -2.56. The second-order valence-electron chi connectivity index (χ2n) is 2.61. The molecule has 1 rings (SSSR count). The van der Waals surface area contributed by atoms with Gasteiger partial charge in [-0.25, -0.2) is 0 Å². The van der Waals surface area contributed by atoms with Crippen molar-refractivity contribution in [2.24, 2.45) is 0 Å². The minimum absolute atomic E-state index is 0.385. The van der Waals surface area contributed by atoms with Gasteiger partial charge in [-0.1, -0.05) is 0 Å². The largest absolute Gasteiger partial charge is 0.480 e. The van der Waals surface area contributed by atoms with E-state index >= 15 is 0 Å². The number of hydrogen-bond donors (Lipinski definition) is 3. The summed E-state index contributed by atoms with van der Waals surface area (Å²) < 4.78 is 0. The minimum Gasteiger partial charge on any atom is -0.480 e. The zero-order valence-electron chi connectivity index (χ0n) is 5.92. The summed E-state index contributed by atoms with van der Waals surface area (Å²) in [6, 6.07) is -0.0215. The van der Waals surface area contributed by atoms with Gasteiger partial charge in [0.25, 0.3) is 0 Å².